The second kappa shape index (κ2) is 6.05. The summed E-state index contributed by atoms with van der Waals surface area (Å²) in [6.07, 6.45) is 1.80. The third-order valence-electron chi connectivity index (χ3n) is 2.72. The van der Waals surface area contributed by atoms with Crippen molar-refractivity contribution in [3.05, 3.63) is 11.9 Å². The second-order valence-electron chi connectivity index (χ2n) is 4.26. The molecule has 0 saturated carbocycles. The van der Waals surface area contributed by atoms with Crippen LogP contribution < -0.4 is 5.73 Å². The van der Waals surface area contributed by atoms with Crippen molar-refractivity contribution in [2.75, 3.05) is 12.3 Å². The van der Waals surface area contributed by atoms with Gasteiger partial charge in [-0.15, -0.1) is 0 Å². The van der Waals surface area contributed by atoms with Crippen LogP contribution in [0.1, 0.15) is 37.7 Å². The van der Waals surface area contributed by atoms with Crippen LogP contribution in [0.15, 0.2) is 6.20 Å². The first-order valence-corrected chi connectivity index (χ1v) is 6.02. The van der Waals surface area contributed by atoms with E-state index < -0.39 is 0 Å². The normalized spacial score (nSPS) is 10.4. The van der Waals surface area contributed by atoms with Gasteiger partial charge in [-0.05, 0) is 20.8 Å². The SMILES string of the molecule is CCn1ncc(N)c1C(=O)N(CCC#N)C(C)C. The highest BCUT2D eigenvalue weighted by Crippen LogP contribution is 2.15. The quantitative estimate of drug-likeness (QED) is 0.850. The smallest absolute Gasteiger partial charge is 0.274 e. The molecule has 1 aromatic rings. The van der Waals surface area contributed by atoms with Crippen LogP contribution in [-0.2, 0) is 6.54 Å². The predicted octanol–water partition coefficient (Wildman–Crippen LogP) is 1.25. The Bertz CT molecular complexity index is 458. The molecule has 1 aromatic heterocycles. The molecule has 0 atom stereocenters. The minimum Gasteiger partial charge on any atom is -0.396 e. The summed E-state index contributed by atoms with van der Waals surface area (Å²) in [6.45, 7) is 6.72. The molecule has 1 amide bonds. The highest BCUT2D eigenvalue weighted by atomic mass is 16.2. The summed E-state index contributed by atoms with van der Waals surface area (Å²) in [5, 5.41) is 12.7. The Labute approximate surface area is 107 Å². The number of carbonyl (C=O) groups is 1. The molecular weight excluding hydrogens is 230 g/mol. The average Bonchev–Trinajstić information content (AvgIpc) is 2.70. The summed E-state index contributed by atoms with van der Waals surface area (Å²) < 4.78 is 1.58. The molecule has 98 valence electrons. The Kier molecular flexibility index (Phi) is 4.72. The molecule has 0 saturated heterocycles. The molecular formula is C12H19N5O. The van der Waals surface area contributed by atoms with Crippen molar-refractivity contribution >= 4 is 11.6 Å². The molecule has 0 spiro atoms. The van der Waals surface area contributed by atoms with Crippen molar-refractivity contribution in [2.24, 2.45) is 0 Å². The van der Waals surface area contributed by atoms with Gasteiger partial charge in [-0.2, -0.15) is 10.4 Å². The fourth-order valence-corrected chi connectivity index (χ4v) is 1.77. The van der Waals surface area contributed by atoms with Crippen molar-refractivity contribution in [2.45, 2.75) is 39.8 Å². The van der Waals surface area contributed by atoms with E-state index in [0.717, 1.165) is 0 Å². The third kappa shape index (κ3) is 2.80. The predicted molar refractivity (Wildman–Crippen MR) is 68.7 cm³/mol. The van der Waals surface area contributed by atoms with Crippen LogP contribution in [0, 0.1) is 11.3 Å². The number of aromatic nitrogens is 2. The van der Waals surface area contributed by atoms with Crippen molar-refractivity contribution in [3.8, 4) is 6.07 Å². The first kappa shape index (κ1) is 14.0. The zero-order valence-electron chi connectivity index (χ0n) is 11.1. The first-order valence-electron chi connectivity index (χ1n) is 6.02. The topological polar surface area (TPSA) is 87.9 Å². The van der Waals surface area contributed by atoms with Crippen LogP contribution >= 0.6 is 0 Å². The number of nitrogens with two attached hydrogens (primary N) is 1. The summed E-state index contributed by atoms with van der Waals surface area (Å²) in [5.41, 5.74) is 6.57. The number of nitrogens with zero attached hydrogens (tertiary/aromatic N) is 4. The van der Waals surface area contributed by atoms with Crippen LogP contribution in [0.3, 0.4) is 0 Å². The molecule has 6 nitrogen and oxygen atoms in total. The Morgan fingerprint density at radius 3 is 2.83 bits per heavy atom. The Morgan fingerprint density at radius 1 is 1.67 bits per heavy atom. The molecule has 1 rings (SSSR count). The average molecular weight is 249 g/mol. The van der Waals surface area contributed by atoms with Crippen LogP contribution in [0.4, 0.5) is 5.69 Å². The van der Waals surface area contributed by atoms with Crippen LogP contribution in [0.25, 0.3) is 0 Å². The van der Waals surface area contributed by atoms with Crippen molar-refractivity contribution < 1.29 is 4.79 Å². The first-order chi connectivity index (χ1) is 8.52. The van der Waals surface area contributed by atoms with E-state index in [0.29, 0.717) is 30.9 Å². The van der Waals surface area contributed by atoms with Gasteiger partial charge in [0.05, 0.1) is 24.4 Å². The van der Waals surface area contributed by atoms with E-state index in [1.54, 1.807) is 9.58 Å². The zero-order chi connectivity index (χ0) is 13.7. The van der Waals surface area contributed by atoms with Gasteiger partial charge in [0.2, 0.25) is 0 Å². The van der Waals surface area contributed by atoms with Gasteiger partial charge < -0.3 is 10.6 Å². The number of hydrogen-bond donors (Lipinski definition) is 1. The number of nitriles is 1. The van der Waals surface area contributed by atoms with E-state index in [1.165, 1.54) is 6.20 Å². The molecule has 0 radical (unpaired) electrons. The van der Waals surface area contributed by atoms with Gasteiger partial charge in [-0.25, -0.2) is 0 Å². The Balaban J connectivity index is 3.02. The van der Waals surface area contributed by atoms with Crippen LogP contribution in [0.2, 0.25) is 0 Å². The zero-order valence-corrected chi connectivity index (χ0v) is 11.1. The van der Waals surface area contributed by atoms with Crippen LogP contribution in [-0.4, -0.2) is 33.2 Å². The fourth-order valence-electron chi connectivity index (χ4n) is 1.77. The van der Waals surface area contributed by atoms with E-state index >= 15 is 0 Å². The summed E-state index contributed by atoms with van der Waals surface area (Å²) in [4.78, 5) is 14.1. The largest absolute Gasteiger partial charge is 0.396 e. The molecule has 0 fully saturated rings. The van der Waals surface area contributed by atoms with Gasteiger partial charge in [0.25, 0.3) is 5.91 Å². The molecule has 6 heteroatoms. The lowest BCUT2D eigenvalue weighted by Gasteiger charge is -2.26. The summed E-state index contributed by atoms with van der Waals surface area (Å²) >= 11 is 0. The van der Waals surface area contributed by atoms with Gasteiger partial charge in [0.15, 0.2) is 0 Å². The molecule has 0 aliphatic carbocycles. The van der Waals surface area contributed by atoms with Crippen molar-refractivity contribution in [1.82, 2.24) is 14.7 Å². The Morgan fingerprint density at radius 2 is 2.33 bits per heavy atom. The van der Waals surface area contributed by atoms with Gasteiger partial charge >= 0.3 is 0 Å². The molecule has 1 heterocycles. The van der Waals surface area contributed by atoms with E-state index in [-0.39, 0.29) is 11.9 Å². The fraction of sp³-hybridized carbons (Fsp3) is 0.583. The number of amides is 1. The van der Waals surface area contributed by atoms with Gasteiger partial charge in [0.1, 0.15) is 5.69 Å². The number of aryl methyl sites for hydroxylation is 1. The van der Waals surface area contributed by atoms with Gasteiger partial charge in [-0.3, -0.25) is 9.48 Å². The number of carbonyl (C=O) groups excluding carboxylic acids is 1. The second-order valence-corrected chi connectivity index (χ2v) is 4.26. The van der Waals surface area contributed by atoms with E-state index in [2.05, 4.69) is 5.10 Å². The summed E-state index contributed by atoms with van der Waals surface area (Å²) in [7, 11) is 0. The van der Waals surface area contributed by atoms with Crippen molar-refractivity contribution in [3.63, 3.8) is 0 Å². The van der Waals surface area contributed by atoms with Gasteiger partial charge in [-0.1, -0.05) is 0 Å². The molecule has 0 bridgehead atoms. The maximum absolute atomic E-state index is 12.4. The molecule has 0 aliphatic heterocycles. The molecule has 0 unspecified atom stereocenters. The molecule has 2 N–H and O–H groups in total. The number of nitrogen functional groups attached to an aromatic ring is 1. The van der Waals surface area contributed by atoms with Crippen molar-refractivity contribution in [1.29, 1.82) is 5.26 Å². The number of rotatable bonds is 5. The summed E-state index contributed by atoms with van der Waals surface area (Å²) in [5.74, 6) is -0.169. The summed E-state index contributed by atoms with van der Waals surface area (Å²) in [6, 6.07) is 2.07. The van der Waals surface area contributed by atoms with Gasteiger partial charge in [0, 0.05) is 19.1 Å². The lowest BCUT2D eigenvalue weighted by molar-refractivity contribution is 0.0698. The molecule has 18 heavy (non-hydrogen) atoms. The number of hydrogen-bond acceptors (Lipinski definition) is 4. The lowest BCUT2D eigenvalue weighted by atomic mass is 10.2. The molecule has 0 aliphatic rings. The van der Waals surface area contributed by atoms with E-state index in [9.17, 15) is 4.79 Å². The Hall–Kier alpha value is -2.03. The number of anilines is 1. The monoisotopic (exact) mass is 249 g/mol. The third-order valence-corrected chi connectivity index (χ3v) is 2.72. The maximum atomic E-state index is 12.4. The minimum absolute atomic E-state index is 0.0189. The minimum atomic E-state index is -0.169. The van der Waals surface area contributed by atoms with Crippen LogP contribution in [0.5, 0.6) is 0 Å². The van der Waals surface area contributed by atoms with E-state index in [1.807, 2.05) is 26.8 Å². The standard InChI is InChI=1S/C12H19N5O/c1-4-17-11(10(14)8-15-17)12(18)16(9(2)3)7-5-6-13/h8-9H,4-5,7,14H2,1-3H3. The highest BCUT2D eigenvalue weighted by Gasteiger charge is 2.24. The highest BCUT2D eigenvalue weighted by molar-refractivity contribution is 5.97. The maximum Gasteiger partial charge on any atom is 0.274 e. The molecule has 0 aromatic carbocycles. The van der Waals surface area contributed by atoms with E-state index in [4.69, 9.17) is 11.0 Å². The lowest BCUT2D eigenvalue weighted by Crippen LogP contribution is -2.39.